The van der Waals surface area contributed by atoms with Crippen molar-refractivity contribution in [3.05, 3.63) is 33.4 Å². The molecule has 0 heterocycles. The normalized spacial score (nSPS) is 30.3. The van der Waals surface area contributed by atoms with Crippen LogP contribution >= 0.6 is 22.6 Å². The zero-order valence-corrected chi connectivity index (χ0v) is 18.3. The first-order chi connectivity index (χ1) is 12.3. The zero-order valence-electron chi connectivity index (χ0n) is 16.2. The van der Waals surface area contributed by atoms with Gasteiger partial charge in [-0.3, -0.25) is 0 Å². The average Bonchev–Trinajstić information content (AvgIpc) is 2.67. The van der Waals surface area contributed by atoms with Crippen molar-refractivity contribution in [2.45, 2.75) is 96.3 Å². The van der Waals surface area contributed by atoms with Crippen molar-refractivity contribution in [1.82, 2.24) is 0 Å². The molecule has 140 valence electrons. The first-order valence-electron chi connectivity index (χ1n) is 11.0. The third-order valence-electron chi connectivity index (χ3n) is 7.14. The Morgan fingerprint density at radius 1 is 0.760 bits per heavy atom. The average molecular weight is 452 g/mol. The molecule has 0 aliphatic heterocycles. The molecule has 3 rings (SSSR count). The van der Waals surface area contributed by atoms with Crippen molar-refractivity contribution in [2.24, 2.45) is 17.8 Å². The highest BCUT2D eigenvalue weighted by Crippen LogP contribution is 2.44. The van der Waals surface area contributed by atoms with Crippen molar-refractivity contribution < 1.29 is 0 Å². The molecule has 0 atom stereocenters. The Morgan fingerprint density at radius 2 is 1.36 bits per heavy atom. The van der Waals surface area contributed by atoms with Crippen LogP contribution in [-0.2, 0) is 0 Å². The van der Waals surface area contributed by atoms with Gasteiger partial charge in [0, 0.05) is 3.57 Å². The molecular weight excluding hydrogens is 415 g/mol. The van der Waals surface area contributed by atoms with Crippen LogP contribution in [0.25, 0.3) is 0 Å². The summed E-state index contributed by atoms with van der Waals surface area (Å²) < 4.78 is 1.36. The summed E-state index contributed by atoms with van der Waals surface area (Å²) in [5.41, 5.74) is 1.59. The Morgan fingerprint density at radius 3 is 1.96 bits per heavy atom. The van der Waals surface area contributed by atoms with Gasteiger partial charge in [0.15, 0.2) is 0 Å². The molecule has 1 aromatic carbocycles. The topological polar surface area (TPSA) is 0 Å². The minimum absolute atomic E-state index is 0.836. The quantitative estimate of drug-likeness (QED) is 0.288. The molecule has 0 unspecified atom stereocenters. The Labute approximate surface area is 169 Å². The maximum absolute atomic E-state index is 2.41. The lowest BCUT2D eigenvalue weighted by Crippen LogP contribution is -2.25. The standard InChI is InChI=1S/C24H37I/c1-2-3-4-5-6-19-7-9-20(10-8-19)21-11-13-22(14-12-21)23-15-17-24(25)18-16-23/h15-22H,2-14H2,1H3. The van der Waals surface area contributed by atoms with E-state index in [9.17, 15) is 0 Å². The summed E-state index contributed by atoms with van der Waals surface area (Å²) in [6.45, 7) is 2.32. The van der Waals surface area contributed by atoms with Gasteiger partial charge in [0.25, 0.3) is 0 Å². The highest BCUT2D eigenvalue weighted by molar-refractivity contribution is 14.1. The molecule has 1 aromatic rings. The van der Waals surface area contributed by atoms with E-state index in [4.69, 9.17) is 0 Å². The number of rotatable bonds is 7. The van der Waals surface area contributed by atoms with E-state index in [1.165, 1.54) is 87.0 Å². The van der Waals surface area contributed by atoms with Crippen LogP contribution in [0.2, 0.25) is 0 Å². The number of halogens is 1. The second-order valence-corrected chi connectivity index (χ2v) is 10.0. The second-order valence-electron chi connectivity index (χ2n) is 8.79. The number of hydrogen-bond acceptors (Lipinski definition) is 0. The fourth-order valence-corrected chi connectivity index (χ4v) is 5.83. The fraction of sp³-hybridized carbons (Fsp3) is 0.750. The minimum atomic E-state index is 0.836. The number of hydrogen-bond donors (Lipinski definition) is 0. The van der Waals surface area contributed by atoms with E-state index >= 15 is 0 Å². The van der Waals surface area contributed by atoms with Gasteiger partial charge in [0.1, 0.15) is 0 Å². The summed E-state index contributed by atoms with van der Waals surface area (Å²) in [5.74, 6) is 4.00. The summed E-state index contributed by atoms with van der Waals surface area (Å²) in [6, 6.07) is 9.31. The zero-order chi connectivity index (χ0) is 17.5. The van der Waals surface area contributed by atoms with E-state index in [0.717, 1.165) is 23.7 Å². The molecule has 0 aromatic heterocycles. The van der Waals surface area contributed by atoms with Crippen molar-refractivity contribution in [2.75, 3.05) is 0 Å². The van der Waals surface area contributed by atoms with E-state index in [1.807, 2.05) is 0 Å². The van der Waals surface area contributed by atoms with Gasteiger partial charge in [-0.05, 0) is 102 Å². The van der Waals surface area contributed by atoms with Crippen molar-refractivity contribution in [1.29, 1.82) is 0 Å². The first kappa shape index (κ1) is 19.7. The Balaban J connectivity index is 1.37. The third-order valence-corrected chi connectivity index (χ3v) is 7.86. The lowest BCUT2D eigenvalue weighted by atomic mass is 9.68. The first-order valence-corrected chi connectivity index (χ1v) is 12.1. The molecule has 2 saturated carbocycles. The van der Waals surface area contributed by atoms with Crippen molar-refractivity contribution >= 4 is 22.6 Å². The molecule has 0 spiro atoms. The van der Waals surface area contributed by atoms with Crippen LogP contribution in [0.3, 0.4) is 0 Å². The van der Waals surface area contributed by atoms with Gasteiger partial charge in [-0.2, -0.15) is 0 Å². The van der Waals surface area contributed by atoms with E-state index in [-0.39, 0.29) is 0 Å². The highest BCUT2D eigenvalue weighted by atomic mass is 127. The molecule has 25 heavy (non-hydrogen) atoms. The van der Waals surface area contributed by atoms with Gasteiger partial charge in [-0.15, -0.1) is 0 Å². The van der Waals surface area contributed by atoms with Crippen LogP contribution in [0.5, 0.6) is 0 Å². The molecule has 2 aliphatic rings. The van der Waals surface area contributed by atoms with Crippen LogP contribution in [0, 0.1) is 21.3 Å². The van der Waals surface area contributed by atoms with Crippen molar-refractivity contribution in [3.8, 4) is 0 Å². The van der Waals surface area contributed by atoms with Gasteiger partial charge in [0.05, 0.1) is 0 Å². The van der Waals surface area contributed by atoms with E-state index in [2.05, 4.69) is 53.8 Å². The summed E-state index contributed by atoms with van der Waals surface area (Å²) in [4.78, 5) is 0. The Bertz CT molecular complexity index is 475. The van der Waals surface area contributed by atoms with Gasteiger partial charge in [-0.25, -0.2) is 0 Å². The van der Waals surface area contributed by atoms with Crippen LogP contribution < -0.4 is 0 Å². The summed E-state index contributed by atoms with van der Waals surface area (Å²) >= 11 is 2.41. The predicted octanol–water partition coefficient (Wildman–Crippen LogP) is 8.34. The summed E-state index contributed by atoms with van der Waals surface area (Å²) in [5, 5.41) is 0. The SMILES string of the molecule is CCCCCCC1CCC(C2CCC(c3ccc(I)cc3)CC2)CC1. The number of benzene rings is 1. The van der Waals surface area contributed by atoms with Crippen molar-refractivity contribution in [3.63, 3.8) is 0 Å². The molecule has 0 bridgehead atoms. The Kier molecular flexibility index (Phi) is 8.14. The van der Waals surface area contributed by atoms with E-state index in [0.29, 0.717) is 0 Å². The maximum Gasteiger partial charge on any atom is 0.0130 e. The molecule has 0 nitrogen and oxygen atoms in total. The van der Waals surface area contributed by atoms with Gasteiger partial charge >= 0.3 is 0 Å². The van der Waals surface area contributed by atoms with Gasteiger partial charge in [0.2, 0.25) is 0 Å². The number of unbranched alkanes of at least 4 members (excludes halogenated alkanes) is 3. The molecule has 1 heteroatoms. The van der Waals surface area contributed by atoms with Crippen LogP contribution in [0.1, 0.15) is 102 Å². The second kappa shape index (κ2) is 10.3. The van der Waals surface area contributed by atoms with Crippen LogP contribution in [-0.4, -0.2) is 0 Å². The highest BCUT2D eigenvalue weighted by Gasteiger charge is 2.31. The molecule has 0 saturated heterocycles. The fourth-order valence-electron chi connectivity index (χ4n) is 5.47. The molecule has 0 N–H and O–H groups in total. The Hall–Kier alpha value is -0.0500. The van der Waals surface area contributed by atoms with Crippen LogP contribution in [0.4, 0.5) is 0 Å². The monoisotopic (exact) mass is 452 g/mol. The predicted molar refractivity (Wildman–Crippen MR) is 118 cm³/mol. The molecule has 0 amide bonds. The van der Waals surface area contributed by atoms with Gasteiger partial charge in [-0.1, -0.05) is 64.0 Å². The van der Waals surface area contributed by atoms with E-state index < -0.39 is 0 Å². The third kappa shape index (κ3) is 5.97. The molecular formula is C24H37I. The molecule has 0 radical (unpaired) electrons. The van der Waals surface area contributed by atoms with Gasteiger partial charge < -0.3 is 0 Å². The smallest absolute Gasteiger partial charge is 0.0130 e. The largest absolute Gasteiger partial charge is 0.0654 e. The lowest BCUT2D eigenvalue weighted by Gasteiger charge is -2.38. The van der Waals surface area contributed by atoms with Crippen LogP contribution in [0.15, 0.2) is 24.3 Å². The summed E-state index contributed by atoms with van der Waals surface area (Å²) in [6.07, 6.45) is 19.3. The minimum Gasteiger partial charge on any atom is -0.0654 e. The molecule has 2 aliphatic carbocycles. The van der Waals surface area contributed by atoms with E-state index in [1.54, 1.807) is 5.56 Å². The molecule has 2 fully saturated rings. The maximum atomic E-state index is 2.41. The summed E-state index contributed by atoms with van der Waals surface area (Å²) in [7, 11) is 0. The lowest BCUT2D eigenvalue weighted by molar-refractivity contribution is 0.155.